The van der Waals surface area contributed by atoms with Crippen molar-refractivity contribution in [2.45, 2.75) is 29.6 Å². The Kier molecular flexibility index (Phi) is 6.98. The molecule has 2 rings (SSSR count). The Bertz CT molecular complexity index is 1020. The lowest BCUT2D eigenvalue weighted by Gasteiger charge is -2.15. The second-order valence-electron chi connectivity index (χ2n) is 5.74. The average molecular weight is 452 g/mol. The molecule has 0 bridgehead atoms. The summed E-state index contributed by atoms with van der Waals surface area (Å²) in [5, 5.41) is 8.54. The highest BCUT2D eigenvalue weighted by atomic mass is 35.5. The van der Waals surface area contributed by atoms with E-state index in [-0.39, 0.29) is 25.5 Å². The molecule has 0 saturated carbocycles. The first kappa shape index (κ1) is 21.8. The third-order valence-electron chi connectivity index (χ3n) is 3.56. The largest absolute Gasteiger partial charge is 0.383 e. The molecule has 0 saturated heterocycles. The van der Waals surface area contributed by atoms with Crippen LogP contribution in [0.1, 0.15) is 19.8 Å². The molecule has 148 valence electrons. The lowest BCUT2D eigenvalue weighted by Crippen LogP contribution is -2.17. The summed E-state index contributed by atoms with van der Waals surface area (Å²) >= 11 is 11.8. The number of halogens is 2. The van der Waals surface area contributed by atoms with Crippen LogP contribution in [0.15, 0.2) is 46.2 Å². The van der Waals surface area contributed by atoms with Gasteiger partial charge in [-0.3, -0.25) is 4.72 Å². The second kappa shape index (κ2) is 8.66. The van der Waals surface area contributed by atoms with E-state index >= 15 is 0 Å². The number of hydrogen-bond donors (Lipinski definition) is 3. The minimum absolute atomic E-state index is 0.0497. The summed E-state index contributed by atoms with van der Waals surface area (Å²) in [5.74, 6) is 0. The summed E-state index contributed by atoms with van der Waals surface area (Å²) in [6.45, 7) is 2.60. The summed E-state index contributed by atoms with van der Waals surface area (Å²) in [4.78, 5) is -0.370. The quantitative estimate of drug-likeness (QED) is 0.529. The Balaban J connectivity index is 2.47. The van der Waals surface area contributed by atoms with E-state index in [9.17, 15) is 16.8 Å². The van der Waals surface area contributed by atoms with Crippen LogP contribution in [0.25, 0.3) is 0 Å². The molecule has 0 radical (unpaired) electrons. The van der Waals surface area contributed by atoms with Crippen molar-refractivity contribution >= 4 is 54.6 Å². The van der Waals surface area contributed by atoms with Gasteiger partial charge in [0.2, 0.25) is 10.0 Å². The fourth-order valence-electron chi connectivity index (χ4n) is 2.23. The molecule has 11 heteroatoms. The average Bonchev–Trinajstić information content (AvgIpc) is 2.54. The summed E-state index contributed by atoms with van der Waals surface area (Å²) in [6, 6.07) is 7.80. The van der Waals surface area contributed by atoms with Gasteiger partial charge in [-0.1, -0.05) is 36.5 Å². The molecule has 0 amide bonds. The number of anilines is 2. The van der Waals surface area contributed by atoms with Gasteiger partial charge in [0.1, 0.15) is 0 Å². The third kappa shape index (κ3) is 5.98. The molecular formula is C16H19Cl2N3O4S2. The molecule has 7 nitrogen and oxygen atoms in total. The van der Waals surface area contributed by atoms with Crippen molar-refractivity contribution in [1.82, 2.24) is 0 Å². The normalized spacial score (nSPS) is 12.0. The number of rotatable bonds is 8. The molecule has 4 N–H and O–H groups in total. The topological polar surface area (TPSA) is 118 Å². The Labute approximate surface area is 169 Å². The van der Waals surface area contributed by atoms with E-state index in [1.807, 2.05) is 6.92 Å². The van der Waals surface area contributed by atoms with Gasteiger partial charge in [0.05, 0.1) is 21.2 Å². The van der Waals surface area contributed by atoms with E-state index < -0.39 is 20.0 Å². The minimum atomic E-state index is -4.07. The lowest BCUT2D eigenvalue weighted by molar-refractivity contribution is 0.596. The van der Waals surface area contributed by atoms with Crippen molar-refractivity contribution in [3.05, 3.63) is 46.4 Å². The van der Waals surface area contributed by atoms with E-state index in [4.69, 9.17) is 28.3 Å². The SMILES string of the molecule is CCCCNc1ccc(S(N)(=O)=O)cc1NS(=O)(=O)c1cc(Cl)cc(Cl)c1. The van der Waals surface area contributed by atoms with E-state index in [0.29, 0.717) is 12.2 Å². The van der Waals surface area contributed by atoms with Crippen molar-refractivity contribution in [2.75, 3.05) is 16.6 Å². The van der Waals surface area contributed by atoms with Gasteiger partial charge in [0, 0.05) is 16.6 Å². The fourth-order valence-corrected chi connectivity index (χ4v) is 4.56. The molecule has 0 aliphatic rings. The smallest absolute Gasteiger partial charge is 0.262 e. The molecule has 27 heavy (non-hydrogen) atoms. The number of sulfonamides is 2. The van der Waals surface area contributed by atoms with Crippen LogP contribution in [0.4, 0.5) is 11.4 Å². The maximum Gasteiger partial charge on any atom is 0.262 e. The zero-order valence-electron chi connectivity index (χ0n) is 14.4. The van der Waals surface area contributed by atoms with Crippen molar-refractivity contribution in [1.29, 1.82) is 0 Å². The van der Waals surface area contributed by atoms with Gasteiger partial charge in [0.15, 0.2) is 0 Å². The number of benzene rings is 2. The van der Waals surface area contributed by atoms with Crippen LogP contribution in [-0.2, 0) is 20.0 Å². The van der Waals surface area contributed by atoms with Gasteiger partial charge in [-0.25, -0.2) is 22.0 Å². The van der Waals surface area contributed by atoms with E-state index in [1.165, 1.54) is 30.3 Å². The molecule has 0 aliphatic heterocycles. The molecule has 0 atom stereocenters. The predicted octanol–water partition coefficient (Wildman–Crippen LogP) is 3.65. The van der Waals surface area contributed by atoms with Gasteiger partial charge in [0.25, 0.3) is 10.0 Å². The van der Waals surface area contributed by atoms with Gasteiger partial charge >= 0.3 is 0 Å². The van der Waals surface area contributed by atoms with Crippen molar-refractivity contribution in [3.8, 4) is 0 Å². The first-order valence-corrected chi connectivity index (χ1v) is 11.7. The van der Waals surface area contributed by atoms with Gasteiger partial charge < -0.3 is 5.32 Å². The van der Waals surface area contributed by atoms with Crippen LogP contribution in [0.5, 0.6) is 0 Å². The van der Waals surface area contributed by atoms with Crippen LogP contribution in [0, 0.1) is 0 Å². The molecule has 0 unspecified atom stereocenters. The van der Waals surface area contributed by atoms with Gasteiger partial charge in [-0.05, 0) is 42.8 Å². The summed E-state index contributed by atoms with van der Waals surface area (Å²) in [6.07, 6.45) is 1.79. The fraction of sp³-hybridized carbons (Fsp3) is 0.250. The van der Waals surface area contributed by atoms with Crippen LogP contribution < -0.4 is 15.2 Å². The Hall–Kier alpha value is -1.52. The van der Waals surface area contributed by atoms with E-state index in [2.05, 4.69) is 10.0 Å². The molecule has 0 spiro atoms. The summed E-state index contributed by atoms with van der Waals surface area (Å²) in [7, 11) is -8.07. The predicted molar refractivity (Wildman–Crippen MR) is 108 cm³/mol. The molecule has 0 aromatic heterocycles. The number of nitrogens with two attached hydrogens (primary N) is 1. The molecular weight excluding hydrogens is 433 g/mol. The highest BCUT2D eigenvalue weighted by molar-refractivity contribution is 7.92. The van der Waals surface area contributed by atoms with Crippen LogP contribution in [0.3, 0.4) is 0 Å². The van der Waals surface area contributed by atoms with Crippen LogP contribution in [-0.4, -0.2) is 23.4 Å². The first-order chi connectivity index (χ1) is 12.5. The van der Waals surface area contributed by atoms with E-state index in [0.717, 1.165) is 18.9 Å². The zero-order chi connectivity index (χ0) is 20.2. The van der Waals surface area contributed by atoms with E-state index in [1.54, 1.807) is 0 Å². The summed E-state index contributed by atoms with van der Waals surface area (Å²) in [5.41, 5.74) is 0.473. The van der Waals surface area contributed by atoms with Gasteiger partial charge in [-0.15, -0.1) is 0 Å². The number of hydrogen-bond acceptors (Lipinski definition) is 5. The Morgan fingerprint density at radius 3 is 2.11 bits per heavy atom. The van der Waals surface area contributed by atoms with Crippen LogP contribution >= 0.6 is 23.2 Å². The van der Waals surface area contributed by atoms with Crippen molar-refractivity contribution in [3.63, 3.8) is 0 Å². The molecule has 0 heterocycles. The Morgan fingerprint density at radius 2 is 1.56 bits per heavy atom. The maximum absolute atomic E-state index is 12.7. The van der Waals surface area contributed by atoms with Gasteiger partial charge in [-0.2, -0.15) is 0 Å². The third-order valence-corrected chi connectivity index (χ3v) is 6.25. The van der Waals surface area contributed by atoms with Crippen molar-refractivity contribution in [2.24, 2.45) is 5.14 Å². The number of nitrogens with one attached hydrogen (secondary N) is 2. The summed E-state index contributed by atoms with van der Waals surface area (Å²) < 4.78 is 51.0. The molecule has 2 aromatic rings. The number of unbranched alkanes of at least 4 members (excludes halogenated alkanes) is 1. The Morgan fingerprint density at radius 1 is 0.926 bits per heavy atom. The molecule has 0 fully saturated rings. The monoisotopic (exact) mass is 451 g/mol. The second-order valence-corrected chi connectivity index (χ2v) is 9.86. The lowest BCUT2D eigenvalue weighted by atomic mass is 10.2. The minimum Gasteiger partial charge on any atom is -0.383 e. The first-order valence-electron chi connectivity index (χ1n) is 7.92. The standard InChI is InChI=1S/C16H19Cl2N3O4S2/c1-2-3-6-20-15-5-4-13(26(19,22)23)10-16(15)21-27(24,25)14-8-11(17)7-12(18)9-14/h4-5,7-10,20-21H,2-3,6H2,1H3,(H2,19,22,23). The molecule has 0 aliphatic carbocycles. The van der Waals surface area contributed by atoms with Crippen molar-refractivity contribution < 1.29 is 16.8 Å². The highest BCUT2D eigenvalue weighted by Crippen LogP contribution is 2.29. The number of primary sulfonamides is 1. The molecule has 2 aromatic carbocycles. The zero-order valence-corrected chi connectivity index (χ0v) is 17.5. The van der Waals surface area contributed by atoms with Crippen LogP contribution in [0.2, 0.25) is 10.0 Å². The highest BCUT2D eigenvalue weighted by Gasteiger charge is 2.19. The maximum atomic E-state index is 12.7.